The van der Waals surface area contributed by atoms with Crippen LogP contribution in [0.2, 0.25) is 0 Å². The van der Waals surface area contributed by atoms with Crippen LogP contribution in [0.5, 0.6) is 5.75 Å². The average Bonchev–Trinajstić information content (AvgIpc) is 3.19. The van der Waals surface area contributed by atoms with Gasteiger partial charge in [-0.2, -0.15) is 4.98 Å². The molecule has 0 aliphatic carbocycles. The van der Waals surface area contributed by atoms with Gasteiger partial charge in [-0.1, -0.05) is 0 Å². The van der Waals surface area contributed by atoms with Crippen LogP contribution in [0.1, 0.15) is 12.8 Å². The number of rotatable bonds is 4. The van der Waals surface area contributed by atoms with Crippen LogP contribution in [0.4, 0.5) is 5.95 Å². The quantitative estimate of drug-likeness (QED) is 0.811. The third-order valence-electron chi connectivity index (χ3n) is 5.40. The summed E-state index contributed by atoms with van der Waals surface area (Å²) in [7, 11) is 3.83. The number of likely N-dealkylation sites (N-methyl/N-ethyl adjacent to an activating group) is 1. The summed E-state index contributed by atoms with van der Waals surface area (Å²) < 4.78 is 10.6. The van der Waals surface area contributed by atoms with Crippen molar-refractivity contribution in [3.05, 3.63) is 18.3 Å². The molecule has 2 fully saturated rings. The Labute approximate surface area is 153 Å². The zero-order chi connectivity index (χ0) is 17.9. The lowest BCUT2D eigenvalue weighted by molar-refractivity contribution is 0.0980. The van der Waals surface area contributed by atoms with E-state index in [0.29, 0.717) is 23.6 Å². The SMILES string of the molecule is COc1ccnc(-c2nc(N3CCC(N4CCN(C)CC4)CC3)no2)c1. The van der Waals surface area contributed by atoms with Gasteiger partial charge < -0.3 is 19.1 Å². The van der Waals surface area contributed by atoms with Crippen LogP contribution in [0.25, 0.3) is 11.6 Å². The number of pyridine rings is 1. The van der Waals surface area contributed by atoms with Crippen molar-refractivity contribution in [1.82, 2.24) is 24.9 Å². The molecule has 0 atom stereocenters. The molecule has 4 rings (SSSR count). The van der Waals surface area contributed by atoms with Gasteiger partial charge in [-0.15, -0.1) is 0 Å². The van der Waals surface area contributed by atoms with Gasteiger partial charge in [-0.25, -0.2) is 0 Å². The van der Waals surface area contributed by atoms with E-state index in [-0.39, 0.29) is 0 Å². The monoisotopic (exact) mass is 358 g/mol. The zero-order valence-corrected chi connectivity index (χ0v) is 15.5. The molecule has 2 saturated heterocycles. The lowest BCUT2D eigenvalue weighted by atomic mass is 10.0. The number of anilines is 1. The van der Waals surface area contributed by atoms with Crippen molar-refractivity contribution < 1.29 is 9.26 Å². The van der Waals surface area contributed by atoms with Crippen molar-refractivity contribution in [1.29, 1.82) is 0 Å². The Kier molecular flexibility index (Phi) is 5.03. The minimum absolute atomic E-state index is 0.431. The van der Waals surface area contributed by atoms with E-state index in [2.05, 4.69) is 36.9 Å². The van der Waals surface area contributed by atoms with E-state index in [4.69, 9.17) is 9.26 Å². The molecule has 2 aromatic heterocycles. The fourth-order valence-electron chi connectivity index (χ4n) is 3.72. The highest BCUT2D eigenvalue weighted by atomic mass is 16.5. The Morgan fingerprint density at radius 1 is 1.12 bits per heavy atom. The van der Waals surface area contributed by atoms with Crippen LogP contribution in [0.3, 0.4) is 0 Å². The second kappa shape index (κ2) is 7.59. The first kappa shape index (κ1) is 17.2. The zero-order valence-electron chi connectivity index (χ0n) is 15.5. The maximum absolute atomic E-state index is 5.42. The van der Waals surface area contributed by atoms with E-state index in [9.17, 15) is 0 Å². The molecule has 0 bridgehead atoms. The second-order valence-corrected chi connectivity index (χ2v) is 7.04. The van der Waals surface area contributed by atoms with E-state index in [1.54, 1.807) is 25.4 Å². The molecule has 0 amide bonds. The van der Waals surface area contributed by atoms with Gasteiger partial charge in [0.15, 0.2) is 0 Å². The molecule has 0 spiro atoms. The molecule has 0 radical (unpaired) electrons. The van der Waals surface area contributed by atoms with Crippen LogP contribution >= 0.6 is 0 Å². The number of ether oxygens (including phenoxy) is 1. The van der Waals surface area contributed by atoms with Gasteiger partial charge in [0.25, 0.3) is 11.8 Å². The highest BCUT2D eigenvalue weighted by Gasteiger charge is 2.28. The minimum atomic E-state index is 0.431. The van der Waals surface area contributed by atoms with Gasteiger partial charge in [0.1, 0.15) is 11.4 Å². The molecule has 2 aliphatic heterocycles. The Morgan fingerprint density at radius 2 is 1.88 bits per heavy atom. The number of aromatic nitrogens is 3. The highest BCUT2D eigenvalue weighted by molar-refractivity contribution is 5.51. The Balaban J connectivity index is 1.37. The van der Waals surface area contributed by atoms with E-state index in [0.717, 1.165) is 31.7 Å². The topological polar surface area (TPSA) is 70.8 Å². The van der Waals surface area contributed by atoms with E-state index in [1.165, 1.54) is 26.2 Å². The molecule has 2 aromatic rings. The Hall–Kier alpha value is -2.19. The largest absolute Gasteiger partial charge is 0.497 e. The molecule has 4 heterocycles. The summed E-state index contributed by atoms with van der Waals surface area (Å²) in [6.07, 6.45) is 3.97. The average molecular weight is 358 g/mol. The Bertz CT molecular complexity index is 720. The minimum Gasteiger partial charge on any atom is -0.497 e. The summed E-state index contributed by atoms with van der Waals surface area (Å²) in [6, 6.07) is 4.27. The number of hydrogen-bond acceptors (Lipinski definition) is 8. The van der Waals surface area contributed by atoms with Gasteiger partial charge in [0, 0.05) is 57.6 Å². The van der Waals surface area contributed by atoms with Crippen LogP contribution in [-0.2, 0) is 0 Å². The second-order valence-electron chi connectivity index (χ2n) is 7.04. The lowest BCUT2D eigenvalue weighted by Crippen LogP contribution is -2.52. The predicted molar refractivity (Wildman–Crippen MR) is 98.4 cm³/mol. The van der Waals surface area contributed by atoms with Crippen molar-refractivity contribution in [2.24, 2.45) is 0 Å². The summed E-state index contributed by atoms with van der Waals surface area (Å²) in [5, 5.41) is 4.16. The molecular formula is C18H26N6O2. The number of piperidine rings is 1. The highest BCUT2D eigenvalue weighted by Crippen LogP contribution is 2.25. The van der Waals surface area contributed by atoms with Gasteiger partial charge >= 0.3 is 0 Å². The maximum atomic E-state index is 5.42. The summed E-state index contributed by atoms with van der Waals surface area (Å²) >= 11 is 0. The summed E-state index contributed by atoms with van der Waals surface area (Å²) in [6.45, 7) is 6.61. The molecule has 0 aromatic carbocycles. The molecule has 0 unspecified atom stereocenters. The standard InChI is InChI=1S/C18H26N6O2/c1-22-9-11-23(12-10-22)14-4-7-24(8-5-14)18-20-17(26-21-18)16-13-15(25-2)3-6-19-16/h3,6,13-14H,4-5,7-12H2,1-2H3. The van der Waals surface area contributed by atoms with Crippen LogP contribution in [-0.4, -0.2) is 84.4 Å². The molecule has 0 saturated carbocycles. The molecular weight excluding hydrogens is 332 g/mol. The third-order valence-corrected chi connectivity index (χ3v) is 5.40. The summed E-state index contributed by atoms with van der Waals surface area (Å²) in [5.74, 6) is 1.81. The maximum Gasteiger partial charge on any atom is 0.278 e. The molecule has 0 N–H and O–H groups in total. The summed E-state index contributed by atoms with van der Waals surface area (Å²) in [4.78, 5) is 16.1. The first-order valence-corrected chi connectivity index (χ1v) is 9.24. The van der Waals surface area contributed by atoms with Crippen LogP contribution in [0, 0.1) is 0 Å². The van der Waals surface area contributed by atoms with E-state index >= 15 is 0 Å². The van der Waals surface area contributed by atoms with E-state index < -0.39 is 0 Å². The van der Waals surface area contributed by atoms with E-state index in [1.807, 2.05) is 0 Å². The van der Waals surface area contributed by atoms with Gasteiger partial charge in [0.05, 0.1) is 7.11 Å². The van der Waals surface area contributed by atoms with Crippen molar-refractivity contribution in [2.75, 3.05) is 58.3 Å². The van der Waals surface area contributed by atoms with Crippen molar-refractivity contribution in [3.8, 4) is 17.3 Å². The Morgan fingerprint density at radius 3 is 2.62 bits per heavy atom. The molecule has 140 valence electrons. The number of methoxy groups -OCH3 is 1. The smallest absolute Gasteiger partial charge is 0.278 e. The van der Waals surface area contributed by atoms with Crippen molar-refractivity contribution in [2.45, 2.75) is 18.9 Å². The van der Waals surface area contributed by atoms with Crippen molar-refractivity contribution >= 4 is 5.95 Å². The van der Waals surface area contributed by atoms with Gasteiger partial charge in [-0.05, 0) is 31.1 Å². The van der Waals surface area contributed by atoms with Crippen molar-refractivity contribution in [3.63, 3.8) is 0 Å². The molecule has 8 nitrogen and oxygen atoms in total. The fourth-order valence-corrected chi connectivity index (χ4v) is 3.72. The predicted octanol–water partition coefficient (Wildman–Crippen LogP) is 1.36. The molecule has 2 aliphatic rings. The first-order valence-electron chi connectivity index (χ1n) is 9.24. The number of nitrogens with zero attached hydrogens (tertiary/aromatic N) is 6. The van der Waals surface area contributed by atoms with Gasteiger partial charge in [-0.3, -0.25) is 9.88 Å². The van der Waals surface area contributed by atoms with Gasteiger partial charge in [0.2, 0.25) is 0 Å². The normalized spacial score (nSPS) is 20.5. The number of piperazine rings is 1. The molecule has 8 heteroatoms. The first-order chi connectivity index (χ1) is 12.7. The molecule has 26 heavy (non-hydrogen) atoms. The van der Waals surface area contributed by atoms with Crippen LogP contribution < -0.4 is 9.64 Å². The number of hydrogen-bond donors (Lipinski definition) is 0. The summed E-state index contributed by atoms with van der Waals surface area (Å²) in [5.41, 5.74) is 0.635. The lowest BCUT2D eigenvalue weighted by Gasteiger charge is -2.41. The fraction of sp³-hybridized carbons (Fsp3) is 0.611. The van der Waals surface area contributed by atoms with Crippen LogP contribution in [0.15, 0.2) is 22.9 Å². The third kappa shape index (κ3) is 3.66.